The lowest BCUT2D eigenvalue weighted by Gasteiger charge is -2.40. The van der Waals surface area contributed by atoms with Crippen molar-refractivity contribution in [2.45, 2.75) is 45.7 Å². The number of hydrogen-bond acceptors (Lipinski definition) is 1. The van der Waals surface area contributed by atoms with E-state index in [0.29, 0.717) is 6.54 Å². The van der Waals surface area contributed by atoms with Crippen molar-refractivity contribution in [3.63, 3.8) is 0 Å². The first-order valence-electron chi connectivity index (χ1n) is 4.58. The Kier molecular flexibility index (Phi) is 2.71. The Bertz CT molecular complexity index is 157. The zero-order chi connectivity index (χ0) is 9.35. The van der Waals surface area contributed by atoms with Crippen LogP contribution in [0.3, 0.4) is 0 Å². The van der Waals surface area contributed by atoms with Crippen LogP contribution in [0.25, 0.3) is 0 Å². The van der Waals surface area contributed by atoms with Gasteiger partial charge in [-0.3, -0.25) is 0 Å². The molecule has 1 rings (SSSR count). The number of rotatable bonds is 1. The summed E-state index contributed by atoms with van der Waals surface area (Å²) in [6, 6.07) is -2.63. The molecular formula is C9H17F2N. The van der Waals surface area contributed by atoms with E-state index in [1.54, 1.807) is 0 Å². The SMILES string of the molecule is CC1CCN(C(C)C)C(F)(F)C1. The molecule has 1 nitrogen and oxygen atoms in total. The van der Waals surface area contributed by atoms with Gasteiger partial charge in [0.15, 0.2) is 0 Å². The second-order valence-electron chi connectivity index (χ2n) is 4.05. The molecule has 0 spiro atoms. The summed E-state index contributed by atoms with van der Waals surface area (Å²) in [5, 5.41) is 0. The Morgan fingerprint density at radius 3 is 2.42 bits per heavy atom. The van der Waals surface area contributed by atoms with Gasteiger partial charge >= 0.3 is 6.05 Å². The van der Waals surface area contributed by atoms with Gasteiger partial charge in [-0.15, -0.1) is 0 Å². The molecule has 1 aliphatic rings. The van der Waals surface area contributed by atoms with Crippen molar-refractivity contribution in [2.75, 3.05) is 6.54 Å². The number of halogens is 2. The predicted octanol–water partition coefficient (Wildman–Crippen LogP) is 2.72. The summed E-state index contributed by atoms with van der Waals surface area (Å²) < 4.78 is 26.6. The highest BCUT2D eigenvalue weighted by atomic mass is 19.3. The van der Waals surface area contributed by atoms with E-state index in [1.807, 2.05) is 20.8 Å². The van der Waals surface area contributed by atoms with E-state index in [0.717, 1.165) is 6.42 Å². The first kappa shape index (κ1) is 9.90. The van der Waals surface area contributed by atoms with Crippen LogP contribution in [0.2, 0.25) is 0 Å². The molecule has 1 aliphatic heterocycles. The van der Waals surface area contributed by atoms with Crippen LogP contribution in [-0.2, 0) is 0 Å². The lowest BCUT2D eigenvalue weighted by molar-refractivity contribution is -0.190. The van der Waals surface area contributed by atoms with Gasteiger partial charge in [-0.05, 0) is 26.2 Å². The lowest BCUT2D eigenvalue weighted by Crippen LogP contribution is -2.50. The van der Waals surface area contributed by atoms with Crippen molar-refractivity contribution in [1.82, 2.24) is 4.90 Å². The summed E-state index contributed by atoms with van der Waals surface area (Å²) in [5.74, 6) is 0.162. The maximum absolute atomic E-state index is 13.3. The summed E-state index contributed by atoms with van der Waals surface area (Å²) in [7, 11) is 0. The standard InChI is InChI=1S/C9H17F2N/c1-7(2)12-5-4-8(3)6-9(12,10)11/h7-8H,4-6H2,1-3H3. The smallest absolute Gasteiger partial charge is 0.242 e. The average molecular weight is 177 g/mol. The topological polar surface area (TPSA) is 3.24 Å². The highest BCUT2D eigenvalue weighted by Crippen LogP contribution is 2.35. The number of likely N-dealkylation sites (tertiary alicyclic amines) is 1. The van der Waals surface area contributed by atoms with E-state index >= 15 is 0 Å². The van der Waals surface area contributed by atoms with Crippen LogP contribution in [0.15, 0.2) is 0 Å². The molecule has 0 aromatic rings. The first-order valence-corrected chi connectivity index (χ1v) is 4.58. The zero-order valence-electron chi connectivity index (χ0n) is 7.98. The van der Waals surface area contributed by atoms with E-state index in [9.17, 15) is 8.78 Å². The molecule has 0 bridgehead atoms. The third kappa shape index (κ3) is 1.94. The molecule has 1 fully saturated rings. The van der Waals surface area contributed by atoms with Gasteiger partial charge in [0.25, 0.3) is 0 Å². The third-order valence-electron chi connectivity index (χ3n) is 2.50. The molecule has 0 aromatic carbocycles. The normalized spacial score (nSPS) is 31.0. The zero-order valence-corrected chi connectivity index (χ0v) is 7.98. The van der Waals surface area contributed by atoms with E-state index in [2.05, 4.69) is 0 Å². The minimum absolute atomic E-state index is 0.0190. The molecular weight excluding hydrogens is 160 g/mol. The molecule has 0 radical (unpaired) electrons. The third-order valence-corrected chi connectivity index (χ3v) is 2.50. The first-order chi connectivity index (χ1) is 5.43. The molecule has 3 heteroatoms. The van der Waals surface area contributed by atoms with Gasteiger partial charge in [-0.2, -0.15) is 8.78 Å². The fourth-order valence-electron chi connectivity index (χ4n) is 1.80. The monoisotopic (exact) mass is 177 g/mol. The molecule has 1 atom stereocenters. The van der Waals surface area contributed by atoms with E-state index in [4.69, 9.17) is 0 Å². The van der Waals surface area contributed by atoms with Crippen LogP contribution in [0.1, 0.15) is 33.6 Å². The Labute approximate surface area is 72.7 Å². The van der Waals surface area contributed by atoms with Crippen LogP contribution in [0.5, 0.6) is 0 Å². The molecule has 0 saturated carbocycles. The summed E-state index contributed by atoms with van der Waals surface area (Å²) in [6.07, 6.45) is 0.916. The Hall–Kier alpha value is -0.180. The van der Waals surface area contributed by atoms with Crippen LogP contribution in [-0.4, -0.2) is 23.5 Å². The minimum atomic E-state index is -2.58. The van der Waals surface area contributed by atoms with Gasteiger partial charge in [0, 0.05) is 19.0 Å². The van der Waals surface area contributed by atoms with Gasteiger partial charge in [0.2, 0.25) is 0 Å². The maximum atomic E-state index is 13.3. The van der Waals surface area contributed by atoms with Gasteiger partial charge in [-0.25, -0.2) is 4.90 Å². The van der Waals surface area contributed by atoms with E-state index in [-0.39, 0.29) is 18.4 Å². The summed E-state index contributed by atoms with van der Waals surface area (Å²) >= 11 is 0. The second kappa shape index (κ2) is 3.29. The van der Waals surface area contributed by atoms with Crippen LogP contribution in [0, 0.1) is 5.92 Å². The van der Waals surface area contributed by atoms with Crippen molar-refractivity contribution >= 4 is 0 Å². The van der Waals surface area contributed by atoms with Crippen molar-refractivity contribution in [1.29, 1.82) is 0 Å². The molecule has 0 amide bonds. The second-order valence-corrected chi connectivity index (χ2v) is 4.05. The molecule has 72 valence electrons. The highest BCUT2D eigenvalue weighted by Gasteiger charge is 2.42. The minimum Gasteiger partial charge on any atom is -0.242 e. The van der Waals surface area contributed by atoms with Gasteiger partial charge in [-0.1, -0.05) is 6.92 Å². The molecule has 0 aromatic heterocycles. The number of hydrogen-bond donors (Lipinski definition) is 0. The highest BCUT2D eigenvalue weighted by molar-refractivity contribution is 4.81. The summed E-state index contributed by atoms with van der Waals surface area (Å²) in [6.45, 7) is 6.07. The van der Waals surface area contributed by atoms with Crippen molar-refractivity contribution in [3.05, 3.63) is 0 Å². The van der Waals surface area contributed by atoms with Gasteiger partial charge in [0.1, 0.15) is 0 Å². The van der Waals surface area contributed by atoms with E-state index < -0.39 is 6.05 Å². The number of nitrogens with zero attached hydrogens (tertiary/aromatic N) is 1. The maximum Gasteiger partial charge on any atom is 0.305 e. The molecule has 1 unspecified atom stereocenters. The van der Waals surface area contributed by atoms with Crippen LogP contribution >= 0.6 is 0 Å². The molecule has 1 saturated heterocycles. The van der Waals surface area contributed by atoms with Crippen molar-refractivity contribution in [3.8, 4) is 0 Å². The lowest BCUT2D eigenvalue weighted by atomic mass is 9.96. The predicted molar refractivity (Wildman–Crippen MR) is 45.2 cm³/mol. The fourth-order valence-corrected chi connectivity index (χ4v) is 1.80. The fraction of sp³-hybridized carbons (Fsp3) is 1.00. The van der Waals surface area contributed by atoms with Crippen LogP contribution < -0.4 is 0 Å². The van der Waals surface area contributed by atoms with Crippen molar-refractivity contribution in [2.24, 2.45) is 5.92 Å². The van der Waals surface area contributed by atoms with Gasteiger partial charge in [0.05, 0.1) is 0 Å². The quantitative estimate of drug-likeness (QED) is 0.557. The van der Waals surface area contributed by atoms with E-state index in [1.165, 1.54) is 4.90 Å². The van der Waals surface area contributed by atoms with Gasteiger partial charge < -0.3 is 0 Å². The van der Waals surface area contributed by atoms with Crippen molar-refractivity contribution < 1.29 is 8.78 Å². The summed E-state index contributed by atoms with van der Waals surface area (Å²) in [4.78, 5) is 1.30. The molecule has 0 N–H and O–H groups in total. The Balaban J connectivity index is 2.64. The molecule has 1 heterocycles. The molecule has 0 aliphatic carbocycles. The summed E-state index contributed by atoms with van der Waals surface area (Å²) in [5.41, 5.74) is 0. The largest absolute Gasteiger partial charge is 0.305 e. The Morgan fingerprint density at radius 2 is 2.00 bits per heavy atom. The average Bonchev–Trinajstić information content (AvgIpc) is 1.82. The van der Waals surface area contributed by atoms with Crippen LogP contribution in [0.4, 0.5) is 8.78 Å². The number of piperidine rings is 1. The number of alkyl halides is 2. The Morgan fingerprint density at radius 1 is 1.42 bits per heavy atom. The molecule has 12 heavy (non-hydrogen) atoms.